The van der Waals surface area contributed by atoms with E-state index >= 15 is 0 Å². The number of ether oxygens (including phenoxy) is 1. The van der Waals surface area contributed by atoms with Crippen LogP contribution in [0.5, 0.6) is 0 Å². The molecule has 0 spiro atoms. The van der Waals surface area contributed by atoms with Crippen LogP contribution in [0, 0.1) is 5.92 Å². The molecule has 5 heteroatoms. The van der Waals surface area contributed by atoms with Gasteiger partial charge in [-0.3, -0.25) is 4.21 Å². The molecule has 1 heterocycles. The molecule has 0 aromatic rings. The molecule has 0 aliphatic carbocycles. The predicted octanol–water partition coefficient (Wildman–Crippen LogP) is 4.18. The third-order valence-corrected chi connectivity index (χ3v) is 4.60. The van der Waals surface area contributed by atoms with Gasteiger partial charge in [-0.25, -0.2) is 4.39 Å². The second kappa shape index (κ2) is 17.1. The number of halogens is 1. The Balaban J connectivity index is 0. The van der Waals surface area contributed by atoms with Crippen LogP contribution in [0.4, 0.5) is 4.39 Å². The van der Waals surface area contributed by atoms with Crippen LogP contribution in [0.25, 0.3) is 0 Å². The van der Waals surface area contributed by atoms with Crippen LogP contribution >= 0.6 is 0 Å². The zero-order valence-electron chi connectivity index (χ0n) is 16.2. The summed E-state index contributed by atoms with van der Waals surface area (Å²) in [6, 6.07) is -0.414. The van der Waals surface area contributed by atoms with E-state index in [0.29, 0.717) is 18.1 Å². The minimum atomic E-state index is -0.671. The predicted molar refractivity (Wildman–Crippen MR) is 105 cm³/mol. The molecule has 142 valence electrons. The summed E-state index contributed by atoms with van der Waals surface area (Å²) in [6.07, 6.45) is 9.71. The summed E-state index contributed by atoms with van der Waals surface area (Å²) < 4.78 is 27.9. The number of alkyl halides is 1. The number of allylic oxidation sites excluding steroid dienone is 4. The van der Waals surface area contributed by atoms with Crippen LogP contribution in [-0.4, -0.2) is 42.7 Å². The summed E-state index contributed by atoms with van der Waals surface area (Å²) in [5.74, 6) is 1.79. The number of methoxy groups -OCH3 is 1. The molecular formula is C19H36FNO2S. The molecule has 3 unspecified atom stereocenters. The lowest BCUT2D eigenvalue weighted by Gasteiger charge is -2.17. The second-order valence-corrected chi connectivity index (χ2v) is 7.00. The van der Waals surface area contributed by atoms with Gasteiger partial charge in [0.2, 0.25) is 0 Å². The minimum absolute atomic E-state index is 0.342. The Hall–Kier alpha value is -0.780. The molecule has 0 radical (unpaired) electrons. The first-order valence-electron chi connectivity index (χ1n) is 8.57. The van der Waals surface area contributed by atoms with Crippen LogP contribution in [0.15, 0.2) is 35.5 Å². The SMILES string of the molecule is C/C=C(\C=C/C(C)C1=CCS(=O)CC1)CC(N)CF.CC.COC. The lowest BCUT2D eigenvalue weighted by molar-refractivity contribution is 0.277. The summed E-state index contributed by atoms with van der Waals surface area (Å²) in [4.78, 5) is 0. The van der Waals surface area contributed by atoms with Crippen LogP contribution in [0.1, 0.15) is 40.5 Å². The van der Waals surface area contributed by atoms with Crippen LogP contribution < -0.4 is 5.73 Å². The maximum atomic E-state index is 12.4. The lowest BCUT2D eigenvalue weighted by atomic mass is 9.96. The highest BCUT2D eigenvalue weighted by molar-refractivity contribution is 7.85. The van der Waals surface area contributed by atoms with Gasteiger partial charge < -0.3 is 10.5 Å². The Labute approximate surface area is 150 Å². The van der Waals surface area contributed by atoms with E-state index in [1.807, 2.05) is 32.9 Å². The van der Waals surface area contributed by atoms with E-state index in [4.69, 9.17) is 5.73 Å². The van der Waals surface area contributed by atoms with Gasteiger partial charge in [-0.05, 0) is 25.7 Å². The molecule has 1 aliphatic rings. The fraction of sp³-hybridized carbons (Fsp3) is 0.684. The molecule has 0 saturated carbocycles. The quantitative estimate of drug-likeness (QED) is 0.570. The number of hydrogen-bond donors (Lipinski definition) is 1. The first kappa shape index (κ1) is 25.5. The van der Waals surface area contributed by atoms with Gasteiger partial charge in [-0.1, -0.05) is 56.2 Å². The molecule has 24 heavy (non-hydrogen) atoms. The Morgan fingerprint density at radius 1 is 1.46 bits per heavy atom. The van der Waals surface area contributed by atoms with Gasteiger partial charge in [0.1, 0.15) is 6.67 Å². The van der Waals surface area contributed by atoms with Crippen molar-refractivity contribution in [1.82, 2.24) is 0 Å². The average molecular weight is 362 g/mol. The third kappa shape index (κ3) is 12.6. The van der Waals surface area contributed by atoms with E-state index in [0.717, 1.165) is 17.7 Å². The van der Waals surface area contributed by atoms with Crippen molar-refractivity contribution in [2.24, 2.45) is 11.7 Å². The van der Waals surface area contributed by atoms with E-state index in [1.54, 1.807) is 14.2 Å². The van der Waals surface area contributed by atoms with Crippen LogP contribution in [0.2, 0.25) is 0 Å². The molecule has 0 bridgehead atoms. The minimum Gasteiger partial charge on any atom is -0.388 e. The van der Waals surface area contributed by atoms with Gasteiger partial charge in [0.15, 0.2) is 0 Å². The van der Waals surface area contributed by atoms with Crippen LogP contribution in [-0.2, 0) is 15.5 Å². The first-order valence-corrected chi connectivity index (χ1v) is 10.1. The largest absolute Gasteiger partial charge is 0.388 e. The number of hydrogen-bond acceptors (Lipinski definition) is 3. The smallest absolute Gasteiger partial charge is 0.105 e. The first-order chi connectivity index (χ1) is 11.5. The number of nitrogens with two attached hydrogens (primary N) is 1. The summed E-state index contributed by atoms with van der Waals surface area (Å²) in [5, 5.41) is 0. The van der Waals surface area contributed by atoms with E-state index in [-0.39, 0.29) is 0 Å². The highest BCUT2D eigenvalue weighted by Crippen LogP contribution is 2.21. The zero-order valence-corrected chi connectivity index (χ0v) is 17.0. The maximum Gasteiger partial charge on any atom is 0.105 e. The zero-order chi connectivity index (χ0) is 19.0. The molecule has 0 aromatic carbocycles. The van der Waals surface area contributed by atoms with E-state index in [1.165, 1.54) is 5.57 Å². The highest BCUT2D eigenvalue weighted by atomic mass is 32.2. The Morgan fingerprint density at radius 3 is 2.46 bits per heavy atom. The fourth-order valence-corrected chi connectivity index (χ4v) is 3.09. The van der Waals surface area contributed by atoms with E-state index in [9.17, 15) is 8.60 Å². The fourth-order valence-electron chi connectivity index (χ4n) is 2.06. The Bertz CT molecular complexity index is 420. The molecule has 1 rings (SSSR count). The summed E-state index contributed by atoms with van der Waals surface area (Å²) in [5.41, 5.74) is 8.03. The molecule has 3 nitrogen and oxygen atoms in total. The topological polar surface area (TPSA) is 52.3 Å². The molecule has 0 aromatic heterocycles. The van der Waals surface area contributed by atoms with Crippen molar-refractivity contribution in [3.05, 3.63) is 35.5 Å². The maximum absolute atomic E-state index is 12.4. The van der Waals surface area contributed by atoms with Crippen molar-refractivity contribution in [3.63, 3.8) is 0 Å². The summed E-state index contributed by atoms with van der Waals surface area (Å²) in [7, 11) is 2.58. The molecular weight excluding hydrogens is 325 g/mol. The van der Waals surface area contributed by atoms with Gasteiger partial charge in [-0.15, -0.1) is 0 Å². The Morgan fingerprint density at radius 2 is 2.04 bits per heavy atom. The second-order valence-electron chi connectivity index (χ2n) is 5.38. The van der Waals surface area contributed by atoms with Crippen molar-refractivity contribution in [2.45, 2.75) is 46.6 Å². The Kier molecular flexibility index (Phi) is 18.1. The molecule has 3 atom stereocenters. The molecule has 2 N–H and O–H groups in total. The molecule has 0 saturated heterocycles. The number of rotatable bonds is 6. The van der Waals surface area contributed by atoms with E-state index < -0.39 is 23.5 Å². The van der Waals surface area contributed by atoms with Crippen molar-refractivity contribution >= 4 is 10.8 Å². The average Bonchev–Trinajstić information content (AvgIpc) is 2.61. The van der Waals surface area contributed by atoms with Crippen LogP contribution in [0.3, 0.4) is 0 Å². The monoisotopic (exact) mass is 361 g/mol. The highest BCUT2D eigenvalue weighted by Gasteiger charge is 2.13. The van der Waals surface area contributed by atoms with Gasteiger partial charge in [0.05, 0.1) is 0 Å². The summed E-state index contributed by atoms with van der Waals surface area (Å²) in [6.45, 7) is 7.59. The standard InChI is InChI=1S/C15H24FNOS.C2H6O.C2H6/c1-3-13(10-15(17)11-16)5-4-12(2)14-6-8-19(18)9-7-14;1-3-2;1-2/h3-6,12,15H,7-11,17H2,1-2H3;1-2H3;1-2H3/b5-4-,13-3+;;. The van der Waals surface area contributed by atoms with Crippen molar-refractivity contribution in [1.29, 1.82) is 0 Å². The van der Waals surface area contributed by atoms with E-state index in [2.05, 4.69) is 23.8 Å². The van der Waals surface area contributed by atoms with Crippen molar-refractivity contribution < 1.29 is 13.3 Å². The lowest BCUT2D eigenvalue weighted by Crippen LogP contribution is -2.22. The molecule has 0 amide bonds. The van der Waals surface area contributed by atoms with Gasteiger partial charge in [0.25, 0.3) is 0 Å². The van der Waals surface area contributed by atoms with Crippen molar-refractivity contribution in [3.8, 4) is 0 Å². The van der Waals surface area contributed by atoms with Gasteiger partial charge in [0, 0.05) is 42.6 Å². The normalized spacial score (nSPS) is 20.2. The van der Waals surface area contributed by atoms with Crippen molar-refractivity contribution in [2.75, 3.05) is 32.4 Å². The molecule has 1 aliphatic heterocycles. The summed E-state index contributed by atoms with van der Waals surface area (Å²) >= 11 is 0. The third-order valence-electron chi connectivity index (χ3n) is 3.40. The van der Waals surface area contributed by atoms with Gasteiger partial charge in [-0.2, -0.15) is 0 Å². The van der Waals surface area contributed by atoms with Gasteiger partial charge >= 0.3 is 0 Å². The molecule has 0 fully saturated rings.